The molecule has 2 aliphatic rings. The highest BCUT2D eigenvalue weighted by atomic mass is 16.2. The predicted octanol–water partition coefficient (Wildman–Crippen LogP) is 4.13. The maximum atomic E-state index is 13.1. The maximum absolute atomic E-state index is 13.1. The molecule has 2 aromatic rings. The zero-order valence-electron chi connectivity index (χ0n) is 16.2. The normalized spacial score (nSPS) is 17.5. The molecule has 1 N–H and O–H groups in total. The quantitative estimate of drug-likeness (QED) is 0.818. The van der Waals surface area contributed by atoms with Gasteiger partial charge in [-0.05, 0) is 43.4 Å². The Bertz CT molecular complexity index is 856. The number of amides is 2. The lowest BCUT2D eigenvalue weighted by Crippen LogP contribution is -2.36. The van der Waals surface area contributed by atoms with Crippen LogP contribution in [-0.4, -0.2) is 29.4 Å². The molecule has 2 amide bonds. The van der Waals surface area contributed by atoms with Crippen molar-refractivity contribution in [3.8, 4) is 0 Å². The summed E-state index contributed by atoms with van der Waals surface area (Å²) < 4.78 is 0. The third-order valence-electron chi connectivity index (χ3n) is 5.79. The first-order valence-corrected chi connectivity index (χ1v) is 10.4. The average Bonchev–Trinajstić information content (AvgIpc) is 3.01. The number of carbonyl (C=O) groups excluding carboxylic acids is 2. The molecule has 5 heteroatoms. The van der Waals surface area contributed by atoms with Crippen LogP contribution in [0.4, 0.5) is 5.69 Å². The van der Waals surface area contributed by atoms with Crippen LogP contribution in [0, 0.1) is 0 Å². The van der Waals surface area contributed by atoms with Crippen molar-refractivity contribution in [1.82, 2.24) is 10.3 Å². The lowest BCUT2D eigenvalue weighted by Gasteiger charge is -2.29. The van der Waals surface area contributed by atoms with Gasteiger partial charge in [-0.15, -0.1) is 0 Å². The number of rotatable bonds is 3. The van der Waals surface area contributed by atoms with E-state index in [0.717, 1.165) is 44.2 Å². The minimum atomic E-state index is -0.131. The molecule has 4 rings (SSSR count). The van der Waals surface area contributed by atoms with Crippen LogP contribution in [0.25, 0.3) is 0 Å². The number of para-hydroxylation sites is 1. The SMILES string of the molecule is O=C(NC1CCCCCC1)c1cncc(C(=O)N2CCCc3ccccc32)c1. The van der Waals surface area contributed by atoms with Gasteiger partial charge in [0.15, 0.2) is 0 Å². The number of pyridine rings is 1. The molecule has 1 fully saturated rings. The second-order valence-electron chi connectivity index (χ2n) is 7.81. The van der Waals surface area contributed by atoms with Gasteiger partial charge in [0.1, 0.15) is 0 Å². The standard InChI is InChI=1S/C23H27N3O2/c27-22(25-20-10-3-1-2-4-11-20)18-14-19(16-24-15-18)23(28)26-13-7-9-17-8-5-6-12-21(17)26/h5-6,8,12,14-16,20H,1-4,7,9-11,13H2,(H,25,27). The fourth-order valence-corrected chi connectivity index (χ4v) is 4.27. The summed E-state index contributed by atoms with van der Waals surface area (Å²) >= 11 is 0. The van der Waals surface area contributed by atoms with Crippen LogP contribution in [0.5, 0.6) is 0 Å². The minimum absolute atomic E-state index is 0.0937. The number of anilines is 1. The van der Waals surface area contributed by atoms with Crippen molar-refractivity contribution in [3.05, 3.63) is 59.4 Å². The highest BCUT2D eigenvalue weighted by molar-refractivity contribution is 6.08. The van der Waals surface area contributed by atoms with Crippen molar-refractivity contribution in [1.29, 1.82) is 0 Å². The van der Waals surface area contributed by atoms with Gasteiger partial charge in [-0.2, -0.15) is 0 Å². The van der Waals surface area contributed by atoms with Crippen LogP contribution < -0.4 is 10.2 Å². The van der Waals surface area contributed by atoms with Gasteiger partial charge in [-0.1, -0.05) is 43.9 Å². The van der Waals surface area contributed by atoms with Gasteiger partial charge in [-0.3, -0.25) is 14.6 Å². The van der Waals surface area contributed by atoms with E-state index in [4.69, 9.17) is 0 Å². The summed E-state index contributed by atoms with van der Waals surface area (Å²) in [6.07, 6.45) is 11.9. The first-order chi connectivity index (χ1) is 13.7. The summed E-state index contributed by atoms with van der Waals surface area (Å²) in [6.45, 7) is 0.689. The molecule has 1 aromatic heterocycles. The van der Waals surface area contributed by atoms with Crippen molar-refractivity contribution in [2.24, 2.45) is 0 Å². The van der Waals surface area contributed by atoms with Crippen LogP contribution in [0.3, 0.4) is 0 Å². The molecule has 2 heterocycles. The number of fused-ring (bicyclic) bond motifs is 1. The Morgan fingerprint density at radius 2 is 1.71 bits per heavy atom. The van der Waals surface area contributed by atoms with Crippen LogP contribution in [-0.2, 0) is 6.42 Å². The van der Waals surface area contributed by atoms with Crippen LogP contribution >= 0.6 is 0 Å². The van der Waals surface area contributed by atoms with Gasteiger partial charge in [0.25, 0.3) is 11.8 Å². The van der Waals surface area contributed by atoms with Gasteiger partial charge in [0, 0.05) is 30.7 Å². The molecular formula is C23H27N3O2. The first-order valence-electron chi connectivity index (χ1n) is 10.4. The smallest absolute Gasteiger partial charge is 0.259 e. The van der Waals surface area contributed by atoms with E-state index < -0.39 is 0 Å². The molecule has 28 heavy (non-hydrogen) atoms. The lowest BCUT2D eigenvalue weighted by atomic mass is 10.0. The van der Waals surface area contributed by atoms with Crippen molar-refractivity contribution >= 4 is 17.5 Å². The third kappa shape index (κ3) is 4.08. The third-order valence-corrected chi connectivity index (χ3v) is 5.79. The summed E-state index contributed by atoms with van der Waals surface area (Å²) in [5.74, 6) is -0.225. The zero-order valence-corrected chi connectivity index (χ0v) is 16.2. The number of hydrogen-bond donors (Lipinski definition) is 1. The molecule has 0 saturated heterocycles. The Labute approximate surface area is 166 Å². The largest absolute Gasteiger partial charge is 0.349 e. The number of hydrogen-bond acceptors (Lipinski definition) is 3. The number of benzene rings is 1. The minimum Gasteiger partial charge on any atom is -0.349 e. The fraction of sp³-hybridized carbons (Fsp3) is 0.435. The summed E-state index contributed by atoms with van der Waals surface area (Å²) in [5.41, 5.74) is 3.08. The van der Waals surface area contributed by atoms with E-state index in [0.29, 0.717) is 17.7 Å². The number of nitrogens with zero attached hydrogens (tertiary/aromatic N) is 2. The summed E-state index contributed by atoms with van der Waals surface area (Å²) in [6, 6.07) is 9.93. The van der Waals surface area contributed by atoms with Gasteiger partial charge in [0.2, 0.25) is 0 Å². The van der Waals surface area contributed by atoms with Crippen molar-refractivity contribution in [2.45, 2.75) is 57.4 Å². The predicted molar refractivity (Wildman–Crippen MR) is 110 cm³/mol. The molecular weight excluding hydrogens is 350 g/mol. The van der Waals surface area contributed by atoms with Crippen molar-refractivity contribution in [2.75, 3.05) is 11.4 Å². The monoisotopic (exact) mass is 377 g/mol. The van der Waals surface area contributed by atoms with Crippen molar-refractivity contribution in [3.63, 3.8) is 0 Å². The molecule has 1 aromatic carbocycles. The highest BCUT2D eigenvalue weighted by Crippen LogP contribution is 2.28. The fourth-order valence-electron chi connectivity index (χ4n) is 4.27. The highest BCUT2D eigenvalue weighted by Gasteiger charge is 2.24. The zero-order chi connectivity index (χ0) is 19.3. The van der Waals surface area contributed by atoms with Gasteiger partial charge < -0.3 is 10.2 Å². The molecule has 1 saturated carbocycles. The van der Waals surface area contributed by atoms with E-state index in [-0.39, 0.29) is 17.9 Å². The maximum Gasteiger partial charge on any atom is 0.259 e. The Kier molecular flexibility index (Phi) is 5.70. The Balaban J connectivity index is 1.50. The summed E-state index contributed by atoms with van der Waals surface area (Å²) in [7, 11) is 0. The molecule has 0 atom stereocenters. The number of nitrogens with one attached hydrogen (secondary N) is 1. The molecule has 0 bridgehead atoms. The molecule has 0 radical (unpaired) electrons. The van der Waals surface area contributed by atoms with E-state index >= 15 is 0 Å². The second-order valence-corrected chi connectivity index (χ2v) is 7.81. The summed E-state index contributed by atoms with van der Waals surface area (Å²) in [5, 5.41) is 3.13. The average molecular weight is 377 g/mol. The summed E-state index contributed by atoms with van der Waals surface area (Å²) in [4.78, 5) is 31.8. The lowest BCUT2D eigenvalue weighted by molar-refractivity contribution is 0.0933. The molecule has 1 aliphatic carbocycles. The van der Waals surface area contributed by atoms with Crippen LogP contribution in [0.2, 0.25) is 0 Å². The van der Waals surface area contributed by atoms with E-state index in [1.807, 2.05) is 23.1 Å². The second kappa shape index (κ2) is 8.55. The van der Waals surface area contributed by atoms with Gasteiger partial charge in [0.05, 0.1) is 11.1 Å². The molecule has 0 unspecified atom stereocenters. The molecule has 5 nitrogen and oxygen atoms in total. The Hall–Kier alpha value is -2.69. The molecule has 146 valence electrons. The number of aryl methyl sites for hydroxylation is 1. The first kappa shape index (κ1) is 18.7. The van der Waals surface area contributed by atoms with E-state index in [1.165, 1.54) is 18.4 Å². The Morgan fingerprint density at radius 3 is 2.54 bits per heavy atom. The number of carbonyl (C=O) groups is 2. The van der Waals surface area contributed by atoms with Crippen LogP contribution in [0.1, 0.15) is 71.2 Å². The topological polar surface area (TPSA) is 62.3 Å². The van der Waals surface area contributed by atoms with Gasteiger partial charge >= 0.3 is 0 Å². The van der Waals surface area contributed by atoms with E-state index in [9.17, 15) is 9.59 Å². The Morgan fingerprint density at radius 1 is 0.964 bits per heavy atom. The van der Waals surface area contributed by atoms with E-state index in [1.54, 1.807) is 18.5 Å². The molecule has 0 spiro atoms. The van der Waals surface area contributed by atoms with Crippen LogP contribution in [0.15, 0.2) is 42.7 Å². The molecule has 1 aliphatic heterocycles. The number of aromatic nitrogens is 1. The van der Waals surface area contributed by atoms with Crippen molar-refractivity contribution < 1.29 is 9.59 Å². The van der Waals surface area contributed by atoms with E-state index in [2.05, 4.69) is 16.4 Å². The van der Waals surface area contributed by atoms with Gasteiger partial charge in [-0.25, -0.2) is 0 Å².